The first-order chi connectivity index (χ1) is 7.51. The lowest BCUT2D eigenvalue weighted by Crippen LogP contribution is -2.41. The van der Waals surface area contributed by atoms with E-state index in [2.05, 4.69) is 0 Å². The van der Waals surface area contributed by atoms with Crippen LogP contribution in [0.15, 0.2) is 24.3 Å². The molecule has 1 fully saturated rings. The lowest BCUT2D eigenvalue weighted by Gasteiger charge is -2.38. The molecular weight excluding hydrogens is 230 g/mol. The van der Waals surface area contributed by atoms with Gasteiger partial charge < -0.3 is 15.0 Å². The molecule has 2 unspecified atom stereocenters. The zero-order chi connectivity index (χ0) is 11.8. The molecular formula is C11H12ClNO3. The minimum absolute atomic E-state index is 0.0929. The van der Waals surface area contributed by atoms with Gasteiger partial charge in [0.15, 0.2) is 0 Å². The number of hydroxylamine groups is 2. The van der Waals surface area contributed by atoms with Crippen molar-refractivity contribution < 1.29 is 9.90 Å². The van der Waals surface area contributed by atoms with Crippen molar-refractivity contribution in [2.24, 2.45) is 5.92 Å². The van der Waals surface area contributed by atoms with Crippen molar-refractivity contribution >= 4 is 23.3 Å². The molecule has 5 heteroatoms. The van der Waals surface area contributed by atoms with Gasteiger partial charge in [-0.3, -0.25) is 4.79 Å². The zero-order valence-electron chi connectivity index (χ0n) is 8.60. The number of benzene rings is 1. The molecule has 86 valence electrons. The van der Waals surface area contributed by atoms with Crippen LogP contribution in [0.5, 0.6) is 0 Å². The van der Waals surface area contributed by atoms with Gasteiger partial charge in [0, 0.05) is 17.5 Å². The lowest BCUT2D eigenvalue weighted by molar-refractivity contribution is -0.141. The first-order valence-corrected chi connectivity index (χ1v) is 5.46. The van der Waals surface area contributed by atoms with Gasteiger partial charge in [0.25, 0.3) is 0 Å². The van der Waals surface area contributed by atoms with Crippen molar-refractivity contribution in [3.63, 3.8) is 0 Å². The molecule has 16 heavy (non-hydrogen) atoms. The molecule has 1 N–H and O–H groups in total. The molecule has 4 nitrogen and oxygen atoms in total. The average Bonchev–Trinajstić information content (AvgIpc) is 2.63. The summed E-state index contributed by atoms with van der Waals surface area (Å²) in [6, 6.07) is 6.72. The molecule has 0 spiro atoms. The van der Waals surface area contributed by atoms with Gasteiger partial charge in [-0.1, -0.05) is 17.7 Å². The topological polar surface area (TPSA) is 60.4 Å². The first kappa shape index (κ1) is 11.4. The summed E-state index contributed by atoms with van der Waals surface area (Å²) in [6.07, 6.45) is 0.422. The Morgan fingerprint density at radius 3 is 2.88 bits per heavy atom. The predicted octanol–water partition coefficient (Wildman–Crippen LogP) is 2.25. The second-order valence-electron chi connectivity index (χ2n) is 4.10. The lowest BCUT2D eigenvalue weighted by atomic mass is 10.1. The minimum Gasteiger partial charge on any atom is -0.627 e. The number of carboxylic acid groups (broad SMARTS) is 1. The molecule has 0 aliphatic carbocycles. The Balaban J connectivity index is 2.24. The highest BCUT2D eigenvalue weighted by molar-refractivity contribution is 6.30. The molecule has 0 amide bonds. The molecule has 1 aromatic carbocycles. The van der Waals surface area contributed by atoms with Crippen LogP contribution in [0.3, 0.4) is 0 Å². The fourth-order valence-corrected chi connectivity index (χ4v) is 2.25. The quantitative estimate of drug-likeness (QED) is 0.638. The molecule has 1 aliphatic rings. The molecule has 1 aliphatic heterocycles. The number of halogens is 1. The number of aliphatic carboxylic acids is 1. The maximum atomic E-state index is 12.4. The maximum absolute atomic E-state index is 12.4. The van der Waals surface area contributed by atoms with Crippen molar-refractivity contribution in [1.29, 1.82) is 0 Å². The smallest absolute Gasteiger partial charge is 0.312 e. The van der Waals surface area contributed by atoms with Crippen molar-refractivity contribution in [2.45, 2.75) is 6.42 Å². The largest absolute Gasteiger partial charge is 0.627 e. The van der Waals surface area contributed by atoms with Gasteiger partial charge in [-0.05, 0) is 12.1 Å². The zero-order valence-corrected chi connectivity index (χ0v) is 9.35. The summed E-state index contributed by atoms with van der Waals surface area (Å²) in [4.78, 5) is 10.8. The van der Waals surface area contributed by atoms with E-state index < -0.39 is 16.5 Å². The van der Waals surface area contributed by atoms with Crippen LogP contribution in [-0.4, -0.2) is 24.2 Å². The van der Waals surface area contributed by atoms with E-state index in [0.717, 1.165) is 0 Å². The van der Waals surface area contributed by atoms with E-state index >= 15 is 0 Å². The number of rotatable bonds is 2. The molecule has 1 heterocycles. The van der Waals surface area contributed by atoms with Gasteiger partial charge in [0.1, 0.15) is 11.6 Å². The Morgan fingerprint density at radius 1 is 1.56 bits per heavy atom. The second kappa shape index (κ2) is 4.05. The molecule has 2 rings (SSSR count). The van der Waals surface area contributed by atoms with E-state index in [1.54, 1.807) is 24.3 Å². The highest BCUT2D eigenvalue weighted by atomic mass is 35.5. The number of nitrogens with zero attached hydrogens (tertiary/aromatic N) is 1. The standard InChI is InChI=1S/C11H12ClNO3/c12-9-2-1-3-10(6-9)13(16)5-4-8(7-13)11(14)15/h1-3,6,8H,4-5,7H2,(H,14,15). The van der Waals surface area contributed by atoms with Gasteiger partial charge in [-0.25, -0.2) is 0 Å². The number of carboxylic acids is 1. The van der Waals surface area contributed by atoms with Crippen LogP contribution in [0, 0.1) is 11.1 Å². The maximum Gasteiger partial charge on any atom is 0.312 e. The third-order valence-electron chi connectivity index (χ3n) is 2.98. The van der Waals surface area contributed by atoms with E-state index in [9.17, 15) is 10.0 Å². The highest BCUT2D eigenvalue weighted by Gasteiger charge is 2.37. The van der Waals surface area contributed by atoms with Gasteiger partial charge in [0.05, 0.1) is 13.1 Å². The molecule has 0 saturated carbocycles. The summed E-state index contributed by atoms with van der Waals surface area (Å²) >= 11 is 5.82. The SMILES string of the molecule is O=C(O)C1CC[N+]([O-])(c2cccc(Cl)c2)C1. The molecule has 1 saturated heterocycles. The van der Waals surface area contributed by atoms with Crippen molar-refractivity contribution in [3.05, 3.63) is 34.5 Å². The van der Waals surface area contributed by atoms with Crippen LogP contribution in [-0.2, 0) is 4.79 Å². The normalized spacial score (nSPS) is 29.2. The van der Waals surface area contributed by atoms with Crippen molar-refractivity contribution in [1.82, 2.24) is 4.65 Å². The summed E-state index contributed by atoms with van der Waals surface area (Å²) in [5.74, 6) is -1.44. The Bertz CT molecular complexity index is 423. The van der Waals surface area contributed by atoms with Crippen LogP contribution in [0.1, 0.15) is 6.42 Å². The van der Waals surface area contributed by atoms with Gasteiger partial charge in [-0.2, -0.15) is 0 Å². The minimum atomic E-state index is -0.891. The van der Waals surface area contributed by atoms with E-state index in [-0.39, 0.29) is 6.54 Å². The summed E-state index contributed by atoms with van der Waals surface area (Å²) in [6.45, 7) is 0.396. The second-order valence-corrected chi connectivity index (χ2v) is 4.54. The number of carbonyl (C=O) groups is 1. The van der Waals surface area contributed by atoms with Crippen molar-refractivity contribution in [3.8, 4) is 0 Å². The summed E-state index contributed by atoms with van der Waals surface area (Å²) in [7, 11) is 0. The van der Waals surface area contributed by atoms with Gasteiger partial charge >= 0.3 is 5.97 Å². The van der Waals surface area contributed by atoms with Gasteiger partial charge in [0.2, 0.25) is 0 Å². The van der Waals surface area contributed by atoms with E-state index in [1.807, 2.05) is 0 Å². The predicted molar refractivity (Wildman–Crippen MR) is 62.1 cm³/mol. The Kier molecular flexibility index (Phi) is 2.88. The van der Waals surface area contributed by atoms with Crippen LogP contribution >= 0.6 is 11.6 Å². The Labute approximate surface area is 98.2 Å². The number of quaternary nitrogens is 1. The first-order valence-electron chi connectivity index (χ1n) is 5.08. The summed E-state index contributed by atoms with van der Waals surface area (Å²) in [5, 5.41) is 21.8. The van der Waals surface area contributed by atoms with E-state index in [0.29, 0.717) is 23.7 Å². The molecule has 2 atom stereocenters. The fourth-order valence-electron chi connectivity index (χ4n) is 2.07. The van der Waals surface area contributed by atoms with Crippen LogP contribution in [0.25, 0.3) is 0 Å². The molecule has 0 bridgehead atoms. The van der Waals surface area contributed by atoms with Crippen LogP contribution in [0.2, 0.25) is 5.02 Å². The van der Waals surface area contributed by atoms with Crippen LogP contribution < -0.4 is 4.65 Å². The molecule has 1 aromatic rings. The summed E-state index contributed by atoms with van der Waals surface area (Å²) in [5.41, 5.74) is 0.538. The monoisotopic (exact) mass is 241 g/mol. The number of hydrogen-bond acceptors (Lipinski definition) is 2. The highest BCUT2D eigenvalue weighted by Crippen LogP contribution is 2.32. The van der Waals surface area contributed by atoms with E-state index in [4.69, 9.17) is 16.7 Å². The Morgan fingerprint density at radius 2 is 2.31 bits per heavy atom. The molecule has 0 radical (unpaired) electrons. The summed E-state index contributed by atoms with van der Waals surface area (Å²) < 4.78 is -0.586. The fraction of sp³-hybridized carbons (Fsp3) is 0.364. The van der Waals surface area contributed by atoms with Gasteiger partial charge in [-0.15, -0.1) is 0 Å². The van der Waals surface area contributed by atoms with Crippen LogP contribution in [0.4, 0.5) is 5.69 Å². The Hall–Kier alpha value is -1.10. The van der Waals surface area contributed by atoms with E-state index in [1.165, 1.54) is 0 Å². The number of hydrogen-bond donors (Lipinski definition) is 1. The average molecular weight is 242 g/mol. The van der Waals surface area contributed by atoms with Crippen molar-refractivity contribution in [2.75, 3.05) is 13.1 Å². The third-order valence-corrected chi connectivity index (χ3v) is 3.22. The molecule has 0 aromatic heterocycles. The third kappa shape index (κ3) is 2.04.